The maximum absolute atomic E-state index is 12.3. The van der Waals surface area contributed by atoms with E-state index in [0.717, 1.165) is 24.0 Å². The fraction of sp³-hybridized carbons (Fsp3) is 0.333. The minimum Gasteiger partial charge on any atom is -0.508 e. The van der Waals surface area contributed by atoms with Crippen molar-refractivity contribution in [2.75, 3.05) is 19.4 Å². The molecule has 0 aromatic heterocycles. The SMILES string of the molecule is Cc1ccc(C(=O)N(C)C)cc1NC(=O)NC(C)CCc1ccc(O)cc1. The van der Waals surface area contributed by atoms with Gasteiger partial charge in [-0.25, -0.2) is 4.79 Å². The molecule has 2 rings (SSSR count). The lowest BCUT2D eigenvalue weighted by molar-refractivity contribution is 0.0827. The van der Waals surface area contributed by atoms with Gasteiger partial charge < -0.3 is 20.6 Å². The van der Waals surface area contributed by atoms with Crippen molar-refractivity contribution >= 4 is 17.6 Å². The summed E-state index contributed by atoms with van der Waals surface area (Å²) in [7, 11) is 3.38. The summed E-state index contributed by atoms with van der Waals surface area (Å²) in [5.74, 6) is 0.135. The van der Waals surface area contributed by atoms with Crippen LogP contribution in [0.4, 0.5) is 10.5 Å². The van der Waals surface area contributed by atoms with Crippen LogP contribution >= 0.6 is 0 Å². The van der Waals surface area contributed by atoms with Crippen LogP contribution < -0.4 is 10.6 Å². The van der Waals surface area contributed by atoms with Crippen molar-refractivity contribution in [3.63, 3.8) is 0 Å². The number of phenolic OH excluding ortho intramolecular Hbond substituents is 1. The largest absolute Gasteiger partial charge is 0.508 e. The standard InChI is InChI=1S/C21H27N3O3/c1-14-5-10-17(20(26)24(3)4)13-19(14)23-21(27)22-15(2)6-7-16-8-11-18(25)12-9-16/h5,8-13,15,25H,6-7H2,1-4H3,(H2,22,23,27). The number of hydrogen-bond acceptors (Lipinski definition) is 3. The average Bonchev–Trinajstić information content (AvgIpc) is 2.62. The molecule has 6 heteroatoms. The first-order chi connectivity index (χ1) is 12.8. The Morgan fingerprint density at radius 2 is 1.78 bits per heavy atom. The van der Waals surface area contributed by atoms with Crippen LogP contribution in [-0.4, -0.2) is 42.1 Å². The number of urea groups is 1. The second kappa shape index (κ2) is 9.07. The fourth-order valence-corrected chi connectivity index (χ4v) is 2.65. The number of benzene rings is 2. The molecule has 144 valence electrons. The molecule has 0 radical (unpaired) electrons. The molecule has 6 nitrogen and oxygen atoms in total. The van der Waals surface area contributed by atoms with Crippen LogP contribution in [0.15, 0.2) is 42.5 Å². The van der Waals surface area contributed by atoms with Gasteiger partial charge in [-0.15, -0.1) is 0 Å². The maximum Gasteiger partial charge on any atom is 0.319 e. The van der Waals surface area contributed by atoms with Crippen molar-refractivity contribution < 1.29 is 14.7 Å². The van der Waals surface area contributed by atoms with E-state index in [4.69, 9.17) is 0 Å². The number of aryl methyl sites for hydroxylation is 2. The summed E-state index contributed by atoms with van der Waals surface area (Å²) in [4.78, 5) is 25.9. The van der Waals surface area contributed by atoms with Crippen LogP contribution in [0.1, 0.15) is 34.8 Å². The van der Waals surface area contributed by atoms with Crippen molar-refractivity contribution in [2.45, 2.75) is 32.7 Å². The first-order valence-corrected chi connectivity index (χ1v) is 8.94. The molecule has 2 aromatic rings. The molecular weight excluding hydrogens is 342 g/mol. The van der Waals surface area contributed by atoms with Gasteiger partial charge in [0.05, 0.1) is 0 Å². The van der Waals surface area contributed by atoms with Crippen molar-refractivity contribution in [1.82, 2.24) is 10.2 Å². The number of nitrogens with zero attached hydrogens (tertiary/aromatic N) is 1. The topological polar surface area (TPSA) is 81.7 Å². The van der Waals surface area contributed by atoms with Crippen molar-refractivity contribution in [1.29, 1.82) is 0 Å². The monoisotopic (exact) mass is 369 g/mol. The maximum atomic E-state index is 12.3. The van der Waals surface area contributed by atoms with Gasteiger partial charge in [-0.05, 0) is 62.1 Å². The van der Waals surface area contributed by atoms with E-state index < -0.39 is 0 Å². The van der Waals surface area contributed by atoms with Crippen molar-refractivity contribution in [2.24, 2.45) is 0 Å². The summed E-state index contributed by atoms with van der Waals surface area (Å²) in [6.07, 6.45) is 1.57. The zero-order valence-corrected chi connectivity index (χ0v) is 16.2. The lowest BCUT2D eigenvalue weighted by Crippen LogP contribution is -2.36. The Bertz CT molecular complexity index is 801. The van der Waals surface area contributed by atoms with Crippen LogP contribution in [-0.2, 0) is 6.42 Å². The molecule has 0 bridgehead atoms. The molecule has 1 atom stereocenters. The van der Waals surface area contributed by atoms with E-state index >= 15 is 0 Å². The molecule has 0 aliphatic carbocycles. The van der Waals surface area contributed by atoms with E-state index in [-0.39, 0.29) is 23.7 Å². The van der Waals surface area contributed by atoms with Gasteiger partial charge >= 0.3 is 6.03 Å². The summed E-state index contributed by atoms with van der Waals surface area (Å²) < 4.78 is 0. The quantitative estimate of drug-likeness (QED) is 0.728. The number of amides is 3. The van der Waals surface area contributed by atoms with Crippen molar-refractivity contribution in [3.05, 3.63) is 59.2 Å². The van der Waals surface area contributed by atoms with Gasteiger partial charge in [0.2, 0.25) is 0 Å². The smallest absolute Gasteiger partial charge is 0.319 e. The number of anilines is 1. The Labute approximate surface area is 160 Å². The third-order valence-electron chi connectivity index (χ3n) is 4.32. The fourth-order valence-electron chi connectivity index (χ4n) is 2.65. The molecule has 0 fully saturated rings. The van der Waals surface area contributed by atoms with E-state index in [0.29, 0.717) is 11.3 Å². The molecule has 0 saturated heterocycles. The first kappa shape index (κ1) is 20.3. The molecule has 3 amide bonds. The Balaban J connectivity index is 1.91. The number of nitrogens with one attached hydrogen (secondary N) is 2. The molecule has 0 aliphatic rings. The van der Waals surface area contributed by atoms with Gasteiger partial charge in [-0.1, -0.05) is 18.2 Å². The van der Waals surface area contributed by atoms with E-state index in [1.54, 1.807) is 38.4 Å². The highest BCUT2D eigenvalue weighted by molar-refractivity contribution is 5.97. The molecule has 0 saturated carbocycles. The Kier molecular flexibility index (Phi) is 6.82. The minimum absolute atomic E-state index is 0.0225. The number of hydrogen-bond donors (Lipinski definition) is 3. The summed E-state index contributed by atoms with van der Waals surface area (Å²) in [5, 5.41) is 15.1. The molecule has 0 spiro atoms. The van der Waals surface area contributed by atoms with Crippen LogP contribution in [0.3, 0.4) is 0 Å². The molecule has 3 N–H and O–H groups in total. The van der Waals surface area contributed by atoms with E-state index in [1.807, 2.05) is 32.0 Å². The predicted octanol–water partition coefficient (Wildman–Crippen LogP) is 3.55. The van der Waals surface area contributed by atoms with Gasteiger partial charge in [-0.2, -0.15) is 0 Å². The zero-order chi connectivity index (χ0) is 20.0. The first-order valence-electron chi connectivity index (χ1n) is 8.94. The highest BCUT2D eigenvalue weighted by Gasteiger charge is 2.13. The summed E-state index contributed by atoms with van der Waals surface area (Å²) in [6, 6.07) is 12.0. The minimum atomic E-state index is -0.300. The number of phenols is 1. The number of carbonyl (C=O) groups is 2. The Morgan fingerprint density at radius 3 is 2.41 bits per heavy atom. The molecule has 2 aromatic carbocycles. The Morgan fingerprint density at radius 1 is 1.11 bits per heavy atom. The summed E-state index contributed by atoms with van der Waals surface area (Å²) in [5.41, 5.74) is 3.14. The van der Waals surface area contributed by atoms with Crippen LogP contribution in [0.5, 0.6) is 5.75 Å². The van der Waals surface area contributed by atoms with Gasteiger partial charge in [-0.3, -0.25) is 4.79 Å². The van der Waals surface area contributed by atoms with E-state index in [1.165, 1.54) is 4.90 Å². The predicted molar refractivity (Wildman–Crippen MR) is 107 cm³/mol. The molecule has 0 aliphatic heterocycles. The highest BCUT2D eigenvalue weighted by atomic mass is 16.3. The van der Waals surface area contributed by atoms with E-state index in [9.17, 15) is 14.7 Å². The third kappa shape index (κ3) is 6.02. The van der Waals surface area contributed by atoms with E-state index in [2.05, 4.69) is 10.6 Å². The number of rotatable bonds is 6. The third-order valence-corrected chi connectivity index (χ3v) is 4.32. The molecule has 0 heterocycles. The molecular formula is C21H27N3O3. The number of aromatic hydroxyl groups is 1. The van der Waals surface area contributed by atoms with Crippen LogP contribution in [0, 0.1) is 6.92 Å². The van der Waals surface area contributed by atoms with Gasteiger partial charge in [0, 0.05) is 31.4 Å². The van der Waals surface area contributed by atoms with Gasteiger partial charge in [0.1, 0.15) is 5.75 Å². The van der Waals surface area contributed by atoms with Gasteiger partial charge in [0.15, 0.2) is 0 Å². The number of carbonyl (C=O) groups excluding carboxylic acids is 2. The second-order valence-corrected chi connectivity index (χ2v) is 6.93. The lowest BCUT2D eigenvalue weighted by Gasteiger charge is -2.17. The second-order valence-electron chi connectivity index (χ2n) is 6.93. The average molecular weight is 369 g/mol. The molecule has 1 unspecified atom stereocenters. The molecule has 27 heavy (non-hydrogen) atoms. The van der Waals surface area contributed by atoms with Crippen LogP contribution in [0.2, 0.25) is 0 Å². The Hall–Kier alpha value is -3.02. The zero-order valence-electron chi connectivity index (χ0n) is 16.2. The van der Waals surface area contributed by atoms with Crippen molar-refractivity contribution in [3.8, 4) is 5.75 Å². The van der Waals surface area contributed by atoms with Gasteiger partial charge in [0.25, 0.3) is 5.91 Å². The van der Waals surface area contributed by atoms with Crippen LogP contribution in [0.25, 0.3) is 0 Å². The summed E-state index contributed by atoms with van der Waals surface area (Å²) in [6.45, 7) is 3.83. The normalized spacial score (nSPS) is 11.6. The lowest BCUT2D eigenvalue weighted by atomic mass is 10.1. The highest BCUT2D eigenvalue weighted by Crippen LogP contribution is 2.18. The summed E-state index contributed by atoms with van der Waals surface area (Å²) >= 11 is 0.